The van der Waals surface area contributed by atoms with Gasteiger partial charge in [0.15, 0.2) is 0 Å². The fourth-order valence-corrected chi connectivity index (χ4v) is 5.09. The third kappa shape index (κ3) is 4.16. The largest absolute Gasteiger partial charge is 0.496 e. The molecule has 2 atom stereocenters. The van der Waals surface area contributed by atoms with Crippen LogP contribution in [-0.2, 0) is 29.0 Å². The number of nitrogens with zero attached hydrogens (tertiary/aromatic N) is 1. The monoisotopic (exact) mass is 459 g/mol. The minimum atomic E-state index is -0.925. The van der Waals surface area contributed by atoms with Gasteiger partial charge < -0.3 is 14.7 Å². The maximum Gasteiger partial charge on any atom is 0.307 e. The van der Waals surface area contributed by atoms with E-state index in [2.05, 4.69) is 12.1 Å². The van der Waals surface area contributed by atoms with Crippen molar-refractivity contribution in [3.8, 4) is 16.9 Å². The number of hydrogen-bond donors (Lipinski definition) is 1. The summed E-state index contributed by atoms with van der Waals surface area (Å²) in [6, 6.07) is 18.5. The lowest BCUT2D eigenvalue weighted by atomic mass is 9.89. The first-order valence-corrected chi connectivity index (χ1v) is 11.5. The van der Waals surface area contributed by atoms with Gasteiger partial charge in [-0.25, -0.2) is 4.39 Å². The second kappa shape index (κ2) is 8.93. The summed E-state index contributed by atoms with van der Waals surface area (Å²) in [6.07, 6.45) is 1.17. The molecule has 3 aromatic carbocycles. The van der Waals surface area contributed by atoms with Crippen molar-refractivity contribution in [3.63, 3.8) is 0 Å². The van der Waals surface area contributed by atoms with E-state index in [0.717, 1.165) is 17.5 Å². The van der Waals surface area contributed by atoms with Gasteiger partial charge in [-0.05, 0) is 64.8 Å². The van der Waals surface area contributed by atoms with E-state index in [-0.39, 0.29) is 30.0 Å². The summed E-state index contributed by atoms with van der Waals surface area (Å²) in [6.45, 7) is 0.811. The second-order valence-corrected chi connectivity index (χ2v) is 9.03. The van der Waals surface area contributed by atoms with Crippen molar-refractivity contribution >= 4 is 11.9 Å². The number of ether oxygens (including phenoxy) is 1. The van der Waals surface area contributed by atoms with Crippen molar-refractivity contribution in [2.75, 3.05) is 13.7 Å². The molecular formula is C28H26FNO4. The minimum absolute atomic E-state index is 0.0330. The molecule has 0 spiro atoms. The van der Waals surface area contributed by atoms with Crippen LogP contribution in [0.15, 0.2) is 60.7 Å². The Labute approximate surface area is 197 Å². The van der Waals surface area contributed by atoms with E-state index < -0.39 is 5.97 Å². The molecule has 3 aromatic rings. The number of hydrogen-bond acceptors (Lipinski definition) is 3. The van der Waals surface area contributed by atoms with Crippen LogP contribution < -0.4 is 4.74 Å². The average molecular weight is 460 g/mol. The maximum atomic E-state index is 14.8. The van der Waals surface area contributed by atoms with Gasteiger partial charge in [0.05, 0.1) is 13.5 Å². The molecule has 1 heterocycles. The van der Waals surface area contributed by atoms with E-state index in [1.165, 1.54) is 11.6 Å². The van der Waals surface area contributed by atoms with Gasteiger partial charge in [0, 0.05) is 24.6 Å². The van der Waals surface area contributed by atoms with Crippen LogP contribution in [0, 0.1) is 11.7 Å². The molecule has 0 aromatic heterocycles. The summed E-state index contributed by atoms with van der Waals surface area (Å²) in [5.41, 5.74) is 4.68. The molecule has 2 aliphatic rings. The van der Waals surface area contributed by atoms with E-state index in [4.69, 9.17) is 4.74 Å². The number of halogens is 1. The van der Waals surface area contributed by atoms with Gasteiger partial charge >= 0.3 is 5.97 Å². The molecule has 0 radical (unpaired) electrons. The lowest BCUT2D eigenvalue weighted by Crippen LogP contribution is -2.37. The molecule has 1 fully saturated rings. The third-order valence-electron chi connectivity index (χ3n) is 6.91. The van der Waals surface area contributed by atoms with E-state index in [1.54, 1.807) is 31.4 Å². The highest BCUT2D eigenvalue weighted by molar-refractivity contribution is 5.84. The molecule has 6 heteroatoms. The molecule has 1 aliphatic carbocycles. The minimum Gasteiger partial charge on any atom is -0.496 e. The summed E-state index contributed by atoms with van der Waals surface area (Å²) in [4.78, 5) is 26.4. The SMILES string of the molecule is COc1ccc(CC(=O)O)cc1-c1ccc(F)c2c1CN(C(=O)C1CC1c1ccccc1)CC2. The van der Waals surface area contributed by atoms with Crippen LogP contribution in [0.3, 0.4) is 0 Å². The van der Waals surface area contributed by atoms with Crippen molar-refractivity contribution in [2.45, 2.75) is 31.7 Å². The molecular weight excluding hydrogens is 433 g/mol. The standard InChI is InChI=1S/C28H26FNO4/c1-34-26-10-7-17(14-27(31)32)13-22(26)19-8-9-25(29)20-11-12-30(16-24(19)20)28(33)23-15-21(23)18-5-3-2-4-6-18/h2-10,13,21,23H,11-12,14-16H2,1H3,(H,31,32). The Kier molecular flexibility index (Phi) is 5.82. The van der Waals surface area contributed by atoms with E-state index >= 15 is 0 Å². The highest BCUT2D eigenvalue weighted by atomic mass is 19.1. The summed E-state index contributed by atoms with van der Waals surface area (Å²) in [7, 11) is 1.55. The molecule has 1 aliphatic heterocycles. The Morgan fingerprint density at radius 2 is 1.85 bits per heavy atom. The molecule has 5 rings (SSSR count). The number of benzene rings is 3. The van der Waals surface area contributed by atoms with E-state index in [1.807, 2.05) is 23.1 Å². The summed E-state index contributed by atoms with van der Waals surface area (Å²) < 4.78 is 20.3. The van der Waals surface area contributed by atoms with Crippen molar-refractivity contribution in [1.82, 2.24) is 4.90 Å². The summed E-state index contributed by atoms with van der Waals surface area (Å²) in [5, 5.41) is 9.22. The zero-order valence-corrected chi connectivity index (χ0v) is 19.0. The Morgan fingerprint density at radius 3 is 2.59 bits per heavy atom. The van der Waals surface area contributed by atoms with Crippen molar-refractivity contribution in [3.05, 3.63) is 88.7 Å². The molecule has 2 unspecified atom stereocenters. The predicted octanol–water partition coefficient (Wildman–Crippen LogP) is 4.82. The van der Waals surface area contributed by atoms with Crippen LogP contribution in [0.25, 0.3) is 11.1 Å². The number of methoxy groups -OCH3 is 1. The molecule has 34 heavy (non-hydrogen) atoms. The lowest BCUT2D eigenvalue weighted by molar-refractivity contribution is -0.136. The number of carboxylic acids is 1. The zero-order chi connectivity index (χ0) is 23.8. The molecule has 1 saturated carbocycles. The highest BCUT2D eigenvalue weighted by Crippen LogP contribution is 2.49. The Morgan fingerprint density at radius 1 is 1.06 bits per heavy atom. The van der Waals surface area contributed by atoms with Crippen LogP contribution >= 0.6 is 0 Å². The number of carbonyl (C=O) groups excluding carboxylic acids is 1. The van der Waals surface area contributed by atoms with Gasteiger partial charge in [-0.2, -0.15) is 0 Å². The number of rotatable bonds is 6. The first-order chi connectivity index (χ1) is 16.5. The summed E-state index contributed by atoms with van der Waals surface area (Å²) in [5.74, 6) is -0.296. The number of aliphatic carboxylic acids is 1. The molecule has 1 N–H and O–H groups in total. The Balaban J connectivity index is 1.46. The molecule has 0 bridgehead atoms. The fraction of sp³-hybridized carbons (Fsp3) is 0.286. The van der Waals surface area contributed by atoms with E-state index in [0.29, 0.717) is 42.0 Å². The van der Waals surface area contributed by atoms with Crippen LogP contribution in [0.4, 0.5) is 4.39 Å². The fourth-order valence-electron chi connectivity index (χ4n) is 5.09. The molecule has 5 nitrogen and oxygen atoms in total. The predicted molar refractivity (Wildman–Crippen MR) is 126 cm³/mol. The number of amides is 1. The molecule has 0 saturated heterocycles. The van der Waals surface area contributed by atoms with Gasteiger partial charge in [-0.3, -0.25) is 9.59 Å². The number of carbonyl (C=O) groups is 2. The number of carboxylic acid groups (broad SMARTS) is 1. The van der Waals surface area contributed by atoms with Gasteiger partial charge in [-0.1, -0.05) is 42.5 Å². The smallest absolute Gasteiger partial charge is 0.307 e. The zero-order valence-electron chi connectivity index (χ0n) is 19.0. The van der Waals surface area contributed by atoms with Crippen LogP contribution in [0.1, 0.15) is 34.6 Å². The molecule has 174 valence electrons. The van der Waals surface area contributed by atoms with Crippen molar-refractivity contribution < 1.29 is 23.8 Å². The van der Waals surface area contributed by atoms with E-state index in [9.17, 15) is 19.1 Å². The van der Waals surface area contributed by atoms with Crippen LogP contribution in [-0.4, -0.2) is 35.5 Å². The molecule has 1 amide bonds. The quantitative estimate of drug-likeness (QED) is 0.574. The van der Waals surface area contributed by atoms with Crippen molar-refractivity contribution in [1.29, 1.82) is 0 Å². The first kappa shape index (κ1) is 22.1. The Bertz CT molecular complexity index is 1260. The first-order valence-electron chi connectivity index (χ1n) is 11.5. The van der Waals surface area contributed by atoms with Gasteiger partial charge in [0.2, 0.25) is 5.91 Å². The van der Waals surface area contributed by atoms with Gasteiger partial charge in [-0.15, -0.1) is 0 Å². The lowest BCUT2D eigenvalue weighted by Gasteiger charge is -2.31. The highest BCUT2D eigenvalue weighted by Gasteiger charge is 2.46. The van der Waals surface area contributed by atoms with Crippen LogP contribution in [0.2, 0.25) is 0 Å². The van der Waals surface area contributed by atoms with Crippen molar-refractivity contribution in [2.24, 2.45) is 5.92 Å². The van der Waals surface area contributed by atoms with Gasteiger partial charge in [0.25, 0.3) is 0 Å². The number of fused-ring (bicyclic) bond motifs is 1. The maximum absolute atomic E-state index is 14.8. The normalized spacial score (nSPS) is 18.8. The van der Waals surface area contributed by atoms with Crippen LogP contribution in [0.5, 0.6) is 5.75 Å². The Hall–Kier alpha value is -3.67. The average Bonchev–Trinajstić information content (AvgIpc) is 3.65. The van der Waals surface area contributed by atoms with Gasteiger partial charge in [0.1, 0.15) is 11.6 Å². The third-order valence-corrected chi connectivity index (χ3v) is 6.91. The second-order valence-electron chi connectivity index (χ2n) is 9.03. The topological polar surface area (TPSA) is 66.8 Å². The summed E-state index contributed by atoms with van der Waals surface area (Å²) >= 11 is 0.